The maximum absolute atomic E-state index is 5.56. The van der Waals surface area contributed by atoms with Crippen LogP contribution in [0.5, 0.6) is 0 Å². The Kier molecular flexibility index (Phi) is 12.0. The molecule has 2 aliphatic rings. The van der Waals surface area contributed by atoms with Crippen molar-refractivity contribution < 1.29 is 4.74 Å². The first-order chi connectivity index (χ1) is 14.2. The predicted octanol–water partition coefficient (Wildman–Crippen LogP) is 3.33. The molecule has 0 spiro atoms. The van der Waals surface area contributed by atoms with Gasteiger partial charge in [0, 0.05) is 43.0 Å². The maximum atomic E-state index is 5.56. The van der Waals surface area contributed by atoms with Crippen molar-refractivity contribution in [2.24, 2.45) is 10.9 Å². The maximum Gasteiger partial charge on any atom is 0.191 e. The molecule has 0 saturated carbocycles. The summed E-state index contributed by atoms with van der Waals surface area (Å²) in [4.78, 5) is 12.4. The van der Waals surface area contributed by atoms with E-state index in [1.54, 1.807) is 0 Å². The summed E-state index contributed by atoms with van der Waals surface area (Å²) < 4.78 is 5.56. The standard InChI is InChI=1S/C22H39N5OS.HI/c1-4-26-11-8-19(9-12-26)7-10-24-22(23-3)25-17-20(21-6-5-18(2)29-21)27-13-15-28-16-14-27;/h5-6,19-20H,4,7-17H2,1-3H3,(H2,23,24,25);1H. The lowest BCUT2D eigenvalue weighted by atomic mass is 9.93. The minimum absolute atomic E-state index is 0. The summed E-state index contributed by atoms with van der Waals surface area (Å²) in [5, 5.41) is 7.13. The summed E-state index contributed by atoms with van der Waals surface area (Å²) in [7, 11) is 1.87. The molecule has 1 aromatic rings. The zero-order valence-corrected chi connectivity index (χ0v) is 22.0. The molecule has 8 heteroatoms. The van der Waals surface area contributed by atoms with E-state index < -0.39 is 0 Å². The third kappa shape index (κ3) is 7.93. The van der Waals surface area contributed by atoms with E-state index in [2.05, 4.69) is 51.4 Å². The lowest BCUT2D eigenvalue weighted by molar-refractivity contribution is 0.0177. The molecule has 2 fully saturated rings. The Morgan fingerprint density at radius 2 is 1.93 bits per heavy atom. The summed E-state index contributed by atoms with van der Waals surface area (Å²) in [6, 6.07) is 4.87. The van der Waals surface area contributed by atoms with Gasteiger partial charge in [0.1, 0.15) is 0 Å². The first kappa shape index (κ1) is 25.8. The molecule has 2 aliphatic heterocycles. The number of thiophene rings is 1. The van der Waals surface area contributed by atoms with E-state index in [1.165, 1.54) is 48.7 Å². The highest BCUT2D eigenvalue weighted by molar-refractivity contribution is 14.0. The van der Waals surface area contributed by atoms with Crippen LogP contribution in [0.1, 0.15) is 42.0 Å². The van der Waals surface area contributed by atoms with Crippen LogP contribution in [0.3, 0.4) is 0 Å². The number of halogens is 1. The summed E-state index contributed by atoms with van der Waals surface area (Å²) in [6.07, 6.45) is 3.89. The van der Waals surface area contributed by atoms with Crippen LogP contribution in [-0.2, 0) is 4.74 Å². The molecule has 2 saturated heterocycles. The van der Waals surface area contributed by atoms with Gasteiger partial charge in [0.2, 0.25) is 0 Å². The van der Waals surface area contributed by atoms with Crippen molar-refractivity contribution in [1.82, 2.24) is 20.4 Å². The molecular weight excluding hydrogens is 509 g/mol. The number of rotatable bonds is 8. The average molecular weight is 550 g/mol. The molecule has 172 valence electrons. The van der Waals surface area contributed by atoms with Gasteiger partial charge in [0.25, 0.3) is 0 Å². The van der Waals surface area contributed by atoms with E-state index in [0.717, 1.165) is 51.3 Å². The zero-order chi connectivity index (χ0) is 20.5. The zero-order valence-electron chi connectivity index (χ0n) is 18.9. The van der Waals surface area contributed by atoms with Crippen molar-refractivity contribution in [3.05, 3.63) is 21.9 Å². The SMILES string of the molecule is CCN1CCC(CCNC(=NC)NCC(c2ccc(C)s2)N2CCOCC2)CC1.I. The fourth-order valence-electron chi connectivity index (χ4n) is 4.33. The number of hydrogen-bond donors (Lipinski definition) is 2. The van der Waals surface area contributed by atoms with Gasteiger partial charge in [-0.25, -0.2) is 0 Å². The van der Waals surface area contributed by atoms with E-state index >= 15 is 0 Å². The second-order valence-corrected chi connectivity index (χ2v) is 9.48. The molecule has 30 heavy (non-hydrogen) atoms. The quantitative estimate of drug-likeness (QED) is 0.296. The fourth-order valence-corrected chi connectivity index (χ4v) is 5.34. The lowest BCUT2D eigenvalue weighted by Crippen LogP contribution is -2.46. The average Bonchev–Trinajstić information content (AvgIpc) is 3.19. The number of ether oxygens (including phenoxy) is 1. The second-order valence-electron chi connectivity index (χ2n) is 8.16. The summed E-state index contributed by atoms with van der Waals surface area (Å²) >= 11 is 1.90. The molecule has 0 aromatic carbocycles. The number of morpholine rings is 1. The van der Waals surface area contributed by atoms with Gasteiger partial charge in [0.05, 0.1) is 19.3 Å². The van der Waals surface area contributed by atoms with E-state index in [1.807, 2.05) is 18.4 Å². The van der Waals surface area contributed by atoms with Crippen molar-refractivity contribution in [2.45, 2.75) is 39.2 Å². The lowest BCUT2D eigenvalue weighted by Gasteiger charge is -2.34. The number of guanidine groups is 1. The Hall–Kier alpha value is -0.420. The van der Waals surface area contributed by atoms with Crippen LogP contribution in [0, 0.1) is 12.8 Å². The van der Waals surface area contributed by atoms with Crippen molar-refractivity contribution in [3.63, 3.8) is 0 Å². The summed E-state index contributed by atoms with van der Waals surface area (Å²) in [6.45, 7) is 13.7. The Morgan fingerprint density at radius 3 is 2.53 bits per heavy atom. The number of aliphatic imine (C=N–C) groups is 1. The van der Waals surface area contributed by atoms with Crippen LogP contribution >= 0.6 is 35.3 Å². The van der Waals surface area contributed by atoms with Crippen LogP contribution in [0.25, 0.3) is 0 Å². The van der Waals surface area contributed by atoms with E-state index in [4.69, 9.17) is 4.74 Å². The van der Waals surface area contributed by atoms with Gasteiger partial charge in [-0.3, -0.25) is 9.89 Å². The van der Waals surface area contributed by atoms with Crippen LogP contribution in [0.4, 0.5) is 0 Å². The van der Waals surface area contributed by atoms with Crippen molar-refractivity contribution in [3.8, 4) is 0 Å². The predicted molar refractivity (Wildman–Crippen MR) is 138 cm³/mol. The first-order valence-electron chi connectivity index (χ1n) is 11.2. The van der Waals surface area contributed by atoms with Crippen molar-refractivity contribution in [1.29, 1.82) is 0 Å². The van der Waals surface area contributed by atoms with Crippen LogP contribution in [-0.4, -0.2) is 81.8 Å². The topological polar surface area (TPSA) is 52.1 Å². The summed E-state index contributed by atoms with van der Waals surface area (Å²) in [5.41, 5.74) is 0. The molecule has 0 bridgehead atoms. The highest BCUT2D eigenvalue weighted by atomic mass is 127. The van der Waals surface area contributed by atoms with Crippen LogP contribution < -0.4 is 10.6 Å². The largest absolute Gasteiger partial charge is 0.379 e. The third-order valence-corrected chi connectivity index (χ3v) is 7.36. The van der Waals surface area contributed by atoms with Gasteiger partial charge in [-0.1, -0.05) is 6.92 Å². The highest BCUT2D eigenvalue weighted by Crippen LogP contribution is 2.28. The number of nitrogens with one attached hydrogen (secondary N) is 2. The van der Waals surface area contributed by atoms with Gasteiger partial charge >= 0.3 is 0 Å². The fraction of sp³-hybridized carbons (Fsp3) is 0.773. The van der Waals surface area contributed by atoms with Crippen LogP contribution in [0.15, 0.2) is 17.1 Å². The molecule has 6 nitrogen and oxygen atoms in total. The van der Waals surface area contributed by atoms with E-state index in [-0.39, 0.29) is 24.0 Å². The van der Waals surface area contributed by atoms with Gasteiger partial charge < -0.3 is 20.3 Å². The monoisotopic (exact) mass is 549 g/mol. The minimum Gasteiger partial charge on any atom is -0.379 e. The molecule has 1 aromatic heterocycles. The number of hydrogen-bond acceptors (Lipinski definition) is 5. The molecular formula is C22H40IN5OS. The van der Waals surface area contributed by atoms with Crippen molar-refractivity contribution in [2.75, 3.05) is 66.1 Å². The first-order valence-corrected chi connectivity index (χ1v) is 12.1. The van der Waals surface area contributed by atoms with Gasteiger partial charge in [0.15, 0.2) is 5.96 Å². The smallest absolute Gasteiger partial charge is 0.191 e. The second kappa shape index (κ2) is 13.9. The van der Waals surface area contributed by atoms with Gasteiger partial charge in [-0.15, -0.1) is 35.3 Å². The van der Waals surface area contributed by atoms with Crippen LogP contribution in [0.2, 0.25) is 0 Å². The normalized spacial score (nSPS) is 20.6. The molecule has 1 unspecified atom stereocenters. The number of aryl methyl sites for hydroxylation is 1. The highest BCUT2D eigenvalue weighted by Gasteiger charge is 2.24. The third-order valence-electron chi connectivity index (χ3n) is 6.26. The Balaban J connectivity index is 0.00000320. The molecule has 0 aliphatic carbocycles. The molecule has 1 atom stereocenters. The molecule has 2 N–H and O–H groups in total. The van der Waals surface area contributed by atoms with Crippen molar-refractivity contribution >= 4 is 41.3 Å². The minimum atomic E-state index is 0. The molecule has 3 rings (SSSR count). The number of nitrogens with zero attached hydrogens (tertiary/aromatic N) is 3. The van der Waals surface area contributed by atoms with Gasteiger partial charge in [-0.05, 0) is 63.9 Å². The number of piperidine rings is 1. The van der Waals surface area contributed by atoms with E-state index in [0.29, 0.717) is 6.04 Å². The summed E-state index contributed by atoms with van der Waals surface area (Å²) in [5.74, 6) is 1.76. The Bertz CT molecular complexity index is 627. The number of likely N-dealkylation sites (tertiary alicyclic amines) is 1. The Morgan fingerprint density at radius 1 is 1.20 bits per heavy atom. The molecule has 0 radical (unpaired) electrons. The molecule has 0 amide bonds. The molecule has 3 heterocycles. The van der Waals surface area contributed by atoms with Gasteiger partial charge in [-0.2, -0.15) is 0 Å². The van der Waals surface area contributed by atoms with E-state index in [9.17, 15) is 0 Å². The Labute approximate surface area is 203 Å².